The Labute approximate surface area is 98.9 Å². The van der Waals surface area contributed by atoms with Crippen LogP contribution in [0.5, 0.6) is 0 Å². The normalized spacial score (nSPS) is 12.1. The number of aliphatic hydroxyl groups is 1. The molecule has 90 valence electrons. The van der Waals surface area contributed by atoms with Gasteiger partial charge >= 0.3 is 0 Å². The molecule has 0 saturated carbocycles. The summed E-state index contributed by atoms with van der Waals surface area (Å²) in [5.74, 6) is 0. The van der Waals surface area contributed by atoms with E-state index in [1.807, 2.05) is 13.8 Å². The molecule has 1 aromatic carbocycles. The monoisotopic (exact) mass is 221 g/mol. The molecule has 1 N–H and O–H groups in total. The molecule has 0 saturated heterocycles. The van der Waals surface area contributed by atoms with Crippen molar-refractivity contribution >= 4 is 0 Å². The van der Waals surface area contributed by atoms with Crippen LogP contribution in [0.2, 0.25) is 0 Å². The lowest BCUT2D eigenvalue weighted by atomic mass is 10.0. The van der Waals surface area contributed by atoms with Gasteiger partial charge in [0, 0.05) is 13.1 Å². The molecule has 0 amide bonds. The van der Waals surface area contributed by atoms with Crippen LogP contribution in [0, 0.1) is 6.92 Å². The van der Waals surface area contributed by atoms with Gasteiger partial charge in [-0.25, -0.2) is 0 Å². The molecule has 1 aromatic rings. The van der Waals surface area contributed by atoms with E-state index in [0.717, 1.165) is 19.5 Å². The highest BCUT2D eigenvalue weighted by atomic mass is 16.3. The van der Waals surface area contributed by atoms with E-state index in [0.29, 0.717) is 0 Å². The van der Waals surface area contributed by atoms with Crippen LogP contribution >= 0.6 is 0 Å². The van der Waals surface area contributed by atoms with Crippen molar-refractivity contribution in [2.24, 2.45) is 0 Å². The standard InChI is InChI=1S/C14H23NO/c1-12-7-5-6-8-13(12)11-15(4)10-9-14(2,3)16/h5-8,16H,9-11H2,1-4H3. The lowest BCUT2D eigenvalue weighted by Gasteiger charge is -2.23. The highest BCUT2D eigenvalue weighted by Gasteiger charge is 2.13. The molecule has 0 aliphatic heterocycles. The van der Waals surface area contributed by atoms with Crippen LogP contribution in [-0.2, 0) is 6.54 Å². The van der Waals surface area contributed by atoms with E-state index >= 15 is 0 Å². The van der Waals surface area contributed by atoms with Crippen molar-refractivity contribution in [1.29, 1.82) is 0 Å². The SMILES string of the molecule is Cc1ccccc1CN(C)CCC(C)(C)O. The number of nitrogens with zero attached hydrogens (tertiary/aromatic N) is 1. The summed E-state index contributed by atoms with van der Waals surface area (Å²) < 4.78 is 0. The van der Waals surface area contributed by atoms with E-state index in [2.05, 4.69) is 43.1 Å². The lowest BCUT2D eigenvalue weighted by Crippen LogP contribution is -2.28. The fourth-order valence-electron chi connectivity index (χ4n) is 1.62. The minimum Gasteiger partial charge on any atom is -0.390 e. The van der Waals surface area contributed by atoms with E-state index in [4.69, 9.17) is 0 Å². The summed E-state index contributed by atoms with van der Waals surface area (Å²) in [5.41, 5.74) is 2.12. The molecular formula is C14H23NO. The van der Waals surface area contributed by atoms with Crippen LogP contribution in [0.25, 0.3) is 0 Å². The van der Waals surface area contributed by atoms with Gasteiger partial charge in [-0.05, 0) is 45.4 Å². The van der Waals surface area contributed by atoms with Crippen molar-refractivity contribution in [2.45, 2.75) is 39.3 Å². The Morgan fingerprint density at radius 3 is 2.44 bits per heavy atom. The molecule has 16 heavy (non-hydrogen) atoms. The summed E-state index contributed by atoms with van der Waals surface area (Å²) in [6.45, 7) is 7.71. The molecule has 0 fully saturated rings. The maximum atomic E-state index is 9.66. The van der Waals surface area contributed by atoms with Crippen molar-refractivity contribution in [2.75, 3.05) is 13.6 Å². The first kappa shape index (κ1) is 13.2. The summed E-state index contributed by atoms with van der Waals surface area (Å²) in [4.78, 5) is 2.25. The Morgan fingerprint density at radius 2 is 1.88 bits per heavy atom. The van der Waals surface area contributed by atoms with Crippen molar-refractivity contribution < 1.29 is 5.11 Å². The second-order valence-corrected chi connectivity index (χ2v) is 5.23. The third-order valence-corrected chi connectivity index (χ3v) is 2.81. The highest BCUT2D eigenvalue weighted by molar-refractivity contribution is 5.25. The minimum atomic E-state index is -0.569. The van der Waals surface area contributed by atoms with E-state index in [1.54, 1.807) is 0 Å². The van der Waals surface area contributed by atoms with Crippen LogP contribution < -0.4 is 0 Å². The number of aryl methyl sites for hydroxylation is 1. The molecule has 2 heteroatoms. The van der Waals surface area contributed by atoms with E-state index in [9.17, 15) is 5.11 Å². The molecule has 0 aliphatic carbocycles. The zero-order valence-electron chi connectivity index (χ0n) is 10.8. The second kappa shape index (κ2) is 5.46. The minimum absolute atomic E-state index is 0.569. The van der Waals surface area contributed by atoms with Gasteiger partial charge in [0.1, 0.15) is 0 Å². The third-order valence-electron chi connectivity index (χ3n) is 2.81. The highest BCUT2D eigenvalue weighted by Crippen LogP contribution is 2.12. The number of rotatable bonds is 5. The average molecular weight is 221 g/mol. The van der Waals surface area contributed by atoms with Gasteiger partial charge in [-0.1, -0.05) is 24.3 Å². The fourth-order valence-corrected chi connectivity index (χ4v) is 1.62. The Morgan fingerprint density at radius 1 is 1.25 bits per heavy atom. The predicted molar refractivity (Wildman–Crippen MR) is 68.4 cm³/mol. The van der Waals surface area contributed by atoms with Crippen molar-refractivity contribution in [1.82, 2.24) is 4.90 Å². The second-order valence-electron chi connectivity index (χ2n) is 5.23. The molecule has 1 rings (SSSR count). The van der Waals surface area contributed by atoms with Gasteiger partial charge in [0.2, 0.25) is 0 Å². The van der Waals surface area contributed by atoms with Gasteiger partial charge in [-0.15, -0.1) is 0 Å². The summed E-state index contributed by atoms with van der Waals surface area (Å²) in [7, 11) is 2.10. The maximum Gasteiger partial charge on any atom is 0.0603 e. The van der Waals surface area contributed by atoms with Crippen LogP contribution in [0.1, 0.15) is 31.4 Å². The van der Waals surface area contributed by atoms with Gasteiger partial charge in [0.25, 0.3) is 0 Å². The Hall–Kier alpha value is -0.860. The Kier molecular flexibility index (Phi) is 4.51. The van der Waals surface area contributed by atoms with Gasteiger partial charge < -0.3 is 10.0 Å². The Balaban J connectivity index is 2.46. The van der Waals surface area contributed by atoms with Crippen LogP contribution in [0.15, 0.2) is 24.3 Å². The molecule has 0 unspecified atom stereocenters. The first-order valence-corrected chi connectivity index (χ1v) is 5.84. The maximum absolute atomic E-state index is 9.66. The molecule has 2 nitrogen and oxygen atoms in total. The topological polar surface area (TPSA) is 23.5 Å². The van der Waals surface area contributed by atoms with Gasteiger partial charge in [-0.3, -0.25) is 0 Å². The van der Waals surface area contributed by atoms with Crippen LogP contribution in [-0.4, -0.2) is 29.2 Å². The molecule has 0 atom stereocenters. The molecule has 0 heterocycles. The summed E-state index contributed by atoms with van der Waals surface area (Å²) >= 11 is 0. The Bertz CT molecular complexity index is 328. The first-order valence-electron chi connectivity index (χ1n) is 5.84. The quantitative estimate of drug-likeness (QED) is 0.826. The number of hydrogen-bond acceptors (Lipinski definition) is 2. The lowest BCUT2D eigenvalue weighted by molar-refractivity contribution is 0.0599. The van der Waals surface area contributed by atoms with Crippen LogP contribution in [0.4, 0.5) is 0 Å². The zero-order valence-corrected chi connectivity index (χ0v) is 10.8. The molecular weight excluding hydrogens is 198 g/mol. The van der Waals surface area contributed by atoms with E-state index < -0.39 is 5.60 Å². The molecule has 0 aliphatic rings. The van der Waals surface area contributed by atoms with Crippen molar-refractivity contribution in [3.63, 3.8) is 0 Å². The number of benzene rings is 1. The predicted octanol–water partition coefficient (Wildman–Crippen LogP) is 2.59. The van der Waals surface area contributed by atoms with Gasteiger partial charge in [0.15, 0.2) is 0 Å². The van der Waals surface area contributed by atoms with E-state index in [1.165, 1.54) is 11.1 Å². The largest absolute Gasteiger partial charge is 0.390 e. The fraction of sp³-hybridized carbons (Fsp3) is 0.571. The third kappa shape index (κ3) is 4.77. The molecule has 0 spiro atoms. The molecule has 0 radical (unpaired) electrons. The summed E-state index contributed by atoms with van der Waals surface area (Å²) in [6.07, 6.45) is 0.801. The smallest absolute Gasteiger partial charge is 0.0603 e. The van der Waals surface area contributed by atoms with Crippen molar-refractivity contribution in [3.05, 3.63) is 35.4 Å². The summed E-state index contributed by atoms with van der Waals surface area (Å²) in [6, 6.07) is 8.44. The van der Waals surface area contributed by atoms with Gasteiger partial charge in [0.05, 0.1) is 5.60 Å². The van der Waals surface area contributed by atoms with Crippen LogP contribution in [0.3, 0.4) is 0 Å². The number of hydrogen-bond donors (Lipinski definition) is 1. The van der Waals surface area contributed by atoms with Crippen molar-refractivity contribution in [3.8, 4) is 0 Å². The summed E-state index contributed by atoms with van der Waals surface area (Å²) in [5, 5.41) is 9.66. The zero-order chi connectivity index (χ0) is 12.2. The van der Waals surface area contributed by atoms with E-state index in [-0.39, 0.29) is 0 Å². The first-order chi connectivity index (χ1) is 7.38. The molecule has 0 bridgehead atoms. The van der Waals surface area contributed by atoms with Gasteiger partial charge in [-0.2, -0.15) is 0 Å². The average Bonchev–Trinajstić information content (AvgIpc) is 2.18. The molecule has 0 aromatic heterocycles.